The highest BCUT2D eigenvalue weighted by atomic mass is 32.1. The number of amides is 1. The lowest BCUT2D eigenvalue weighted by atomic mass is 10.1. The van der Waals surface area contributed by atoms with Gasteiger partial charge in [0.1, 0.15) is 0 Å². The number of hydrogen-bond donors (Lipinski definition) is 2. The molecule has 100 valence electrons. The highest BCUT2D eigenvalue weighted by Crippen LogP contribution is 2.07. The molecule has 0 spiro atoms. The lowest BCUT2D eigenvalue weighted by Gasteiger charge is -2.32. The molecule has 0 aliphatic rings. The van der Waals surface area contributed by atoms with E-state index < -0.39 is 0 Å². The Kier molecular flexibility index (Phi) is 7.30. The van der Waals surface area contributed by atoms with Crippen LogP contribution in [0.2, 0.25) is 0 Å². The first kappa shape index (κ1) is 16.3. The summed E-state index contributed by atoms with van der Waals surface area (Å²) in [6.07, 6.45) is 0.646. The summed E-state index contributed by atoms with van der Waals surface area (Å²) >= 11 is 4.87. The molecule has 0 saturated heterocycles. The van der Waals surface area contributed by atoms with Crippen LogP contribution in [-0.2, 0) is 4.79 Å². The average Bonchev–Trinajstić information content (AvgIpc) is 2.15. The second-order valence-electron chi connectivity index (χ2n) is 4.89. The summed E-state index contributed by atoms with van der Waals surface area (Å²) in [6.45, 7) is 10.7. The Morgan fingerprint density at radius 2 is 1.82 bits per heavy atom. The van der Waals surface area contributed by atoms with Crippen LogP contribution in [0.25, 0.3) is 0 Å². The molecule has 0 aromatic heterocycles. The molecule has 0 rings (SSSR count). The quantitative estimate of drug-likeness (QED) is 0.676. The summed E-state index contributed by atoms with van der Waals surface area (Å²) in [5.41, 5.74) is 5.50. The van der Waals surface area contributed by atoms with Gasteiger partial charge in [-0.3, -0.25) is 9.69 Å². The Balaban J connectivity index is 4.47. The largest absolute Gasteiger partial charge is 0.393 e. The third-order valence-electron chi connectivity index (χ3n) is 2.59. The van der Waals surface area contributed by atoms with Crippen LogP contribution in [0.15, 0.2) is 0 Å². The zero-order chi connectivity index (χ0) is 13.6. The van der Waals surface area contributed by atoms with Crippen LogP contribution in [0.1, 0.15) is 41.0 Å². The normalized spacial score (nSPS) is 13.2. The van der Waals surface area contributed by atoms with Gasteiger partial charge >= 0.3 is 0 Å². The molecule has 0 bridgehead atoms. The lowest BCUT2D eigenvalue weighted by molar-refractivity contribution is -0.127. The number of nitrogens with two attached hydrogens (primary N) is 1. The fourth-order valence-electron chi connectivity index (χ4n) is 1.69. The maximum absolute atomic E-state index is 11.9. The summed E-state index contributed by atoms with van der Waals surface area (Å²) in [5.74, 6) is 0.0524. The van der Waals surface area contributed by atoms with Crippen molar-refractivity contribution in [3.05, 3.63) is 0 Å². The van der Waals surface area contributed by atoms with Gasteiger partial charge in [-0.25, -0.2) is 0 Å². The summed E-state index contributed by atoms with van der Waals surface area (Å²) in [7, 11) is 0. The number of nitrogens with zero attached hydrogens (tertiary/aromatic N) is 1. The maximum Gasteiger partial charge on any atom is 0.237 e. The highest BCUT2D eigenvalue weighted by molar-refractivity contribution is 7.80. The molecule has 0 aromatic carbocycles. The molecule has 1 atom stereocenters. The van der Waals surface area contributed by atoms with Crippen LogP contribution in [0, 0.1) is 0 Å². The monoisotopic (exact) mass is 259 g/mol. The van der Waals surface area contributed by atoms with Gasteiger partial charge in [-0.15, -0.1) is 0 Å². The molecular weight excluding hydrogens is 234 g/mol. The second kappa shape index (κ2) is 7.61. The van der Waals surface area contributed by atoms with Crippen molar-refractivity contribution in [2.45, 2.75) is 59.2 Å². The predicted molar refractivity (Wildman–Crippen MR) is 76.0 cm³/mol. The van der Waals surface area contributed by atoms with Gasteiger partial charge in [0.25, 0.3) is 0 Å². The summed E-state index contributed by atoms with van der Waals surface area (Å²) in [6, 6.07) is 0.290. The molecule has 3 N–H and O–H groups in total. The lowest BCUT2D eigenvalue weighted by Crippen LogP contribution is -2.50. The van der Waals surface area contributed by atoms with E-state index in [4.69, 9.17) is 18.0 Å². The Morgan fingerprint density at radius 1 is 1.29 bits per heavy atom. The average molecular weight is 259 g/mol. The molecule has 0 aliphatic heterocycles. The van der Waals surface area contributed by atoms with Crippen LogP contribution in [0.4, 0.5) is 0 Å². The minimum atomic E-state index is -0.160. The van der Waals surface area contributed by atoms with E-state index in [2.05, 4.69) is 24.1 Å². The number of nitrogens with one attached hydrogen (secondary N) is 1. The molecule has 4 nitrogen and oxygen atoms in total. The standard InChI is InChI=1S/C12H25N3OS/c1-8(2)14-12(16)10(5)15(9(3)4)7-6-11(13)17/h8-10H,6-7H2,1-5H3,(H2,13,17)(H,14,16). The van der Waals surface area contributed by atoms with Gasteiger partial charge < -0.3 is 11.1 Å². The molecule has 0 fully saturated rings. The van der Waals surface area contributed by atoms with Gasteiger partial charge in [-0.1, -0.05) is 12.2 Å². The Hall–Kier alpha value is -0.680. The van der Waals surface area contributed by atoms with Gasteiger partial charge in [0.15, 0.2) is 0 Å². The van der Waals surface area contributed by atoms with E-state index in [-0.39, 0.29) is 24.0 Å². The summed E-state index contributed by atoms with van der Waals surface area (Å²) < 4.78 is 0. The Labute approximate surface area is 110 Å². The molecule has 0 aromatic rings. The third-order valence-corrected chi connectivity index (χ3v) is 2.79. The van der Waals surface area contributed by atoms with Crippen LogP contribution in [-0.4, -0.2) is 40.5 Å². The van der Waals surface area contributed by atoms with Crippen LogP contribution in [0.3, 0.4) is 0 Å². The van der Waals surface area contributed by atoms with Crippen LogP contribution >= 0.6 is 12.2 Å². The summed E-state index contributed by atoms with van der Waals surface area (Å²) in [5, 5.41) is 2.92. The second-order valence-corrected chi connectivity index (χ2v) is 5.41. The van der Waals surface area contributed by atoms with Gasteiger partial charge in [-0.05, 0) is 34.6 Å². The number of rotatable bonds is 7. The highest BCUT2D eigenvalue weighted by Gasteiger charge is 2.23. The number of hydrogen-bond acceptors (Lipinski definition) is 3. The van der Waals surface area contributed by atoms with Crippen molar-refractivity contribution in [3.63, 3.8) is 0 Å². The van der Waals surface area contributed by atoms with Gasteiger partial charge in [0.2, 0.25) is 5.91 Å². The molecule has 0 radical (unpaired) electrons. The number of carbonyl (C=O) groups excluding carboxylic acids is 1. The van der Waals surface area contributed by atoms with Crippen molar-refractivity contribution >= 4 is 23.1 Å². The van der Waals surface area contributed by atoms with Gasteiger partial charge in [0.05, 0.1) is 11.0 Å². The van der Waals surface area contributed by atoms with E-state index in [1.807, 2.05) is 20.8 Å². The molecule has 0 saturated carbocycles. The number of thiocarbonyl (C=S) groups is 1. The summed E-state index contributed by atoms with van der Waals surface area (Å²) in [4.78, 5) is 14.5. The van der Waals surface area contributed by atoms with E-state index in [1.54, 1.807) is 0 Å². The number of carbonyl (C=O) groups is 1. The zero-order valence-corrected chi connectivity index (χ0v) is 12.3. The SMILES string of the molecule is CC(C)NC(=O)C(C)N(CCC(N)=S)C(C)C. The molecular formula is C12H25N3OS. The minimum Gasteiger partial charge on any atom is -0.393 e. The molecule has 17 heavy (non-hydrogen) atoms. The smallest absolute Gasteiger partial charge is 0.237 e. The first-order valence-electron chi connectivity index (χ1n) is 6.10. The van der Waals surface area contributed by atoms with Crippen molar-refractivity contribution in [3.8, 4) is 0 Å². The van der Waals surface area contributed by atoms with Crippen LogP contribution < -0.4 is 11.1 Å². The van der Waals surface area contributed by atoms with Crippen molar-refractivity contribution in [1.82, 2.24) is 10.2 Å². The first-order chi connectivity index (χ1) is 7.75. The van der Waals surface area contributed by atoms with Crippen molar-refractivity contribution in [2.75, 3.05) is 6.54 Å². The zero-order valence-electron chi connectivity index (χ0n) is 11.5. The van der Waals surface area contributed by atoms with Gasteiger partial charge in [0, 0.05) is 25.0 Å². The van der Waals surface area contributed by atoms with E-state index in [0.29, 0.717) is 11.4 Å². The molecule has 0 heterocycles. The minimum absolute atomic E-state index is 0.0524. The first-order valence-corrected chi connectivity index (χ1v) is 6.51. The van der Waals surface area contributed by atoms with E-state index in [1.165, 1.54) is 0 Å². The molecule has 1 unspecified atom stereocenters. The Bertz CT molecular complexity index is 266. The maximum atomic E-state index is 11.9. The van der Waals surface area contributed by atoms with E-state index in [0.717, 1.165) is 6.54 Å². The van der Waals surface area contributed by atoms with Crippen molar-refractivity contribution in [2.24, 2.45) is 5.73 Å². The Morgan fingerprint density at radius 3 is 2.18 bits per heavy atom. The predicted octanol–water partition coefficient (Wildman–Crippen LogP) is 1.29. The topological polar surface area (TPSA) is 58.4 Å². The fraction of sp³-hybridized carbons (Fsp3) is 0.833. The van der Waals surface area contributed by atoms with Gasteiger partial charge in [-0.2, -0.15) is 0 Å². The molecule has 0 aliphatic carbocycles. The van der Waals surface area contributed by atoms with E-state index in [9.17, 15) is 4.79 Å². The van der Waals surface area contributed by atoms with E-state index >= 15 is 0 Å². The molecule has 5 heteroatoms. The van der Waals surface area contributed by atoms with Crippen molar-refractivity contribution < 1.29 is 4.79 Å². The van der Waals surface area contributed by atoms with Crippen LogP contribution in [0.5, 0.6) is 0 Å². The fourth-order valence-corrected chi connectivity index (χ4v) is 1.79. The van der Waals surface area contributed by atoms with Crippen molar-refractivity contribution in [1.29, 1.82) is 0 Å². The third kappa shape index (κ3) is 6.58. The molecule has 1 amide bonds.